The van der Waals surface area contributed by atoms with Crippen LogP contribution in [0.2, 0.25) is 10.0 Å². The van der Waals surface area contributed by atoms with Gasteiger partial charge in [-0.15, -0.1) is 0 Å². The van der Waals surface area contributed by atoms with Crippen molar-refractivity contribution < 1.29 is 27.9 Å². The number of aromatic nitrogens is 1. The summed E-state index contributed by atoms with van der Waals surface area (Å²) in [5.41, 5.74) is 1.87. The lowest BCUT2D eigenvalue weighted by Gasteiger charge is -2.43. The number of carbonyl (C=O) groups excluding carboxylic acids is 2. The van der Waals surface area contributed by atoms with Crippen molar-refractivity contribution >= 4 is 51.6 Å². The van der Waals surface area contributed by atoms with Gasteiger partial charge in [0.05, 0.1) is 21.9 Å². The van der Waals surface area contributed by atoms with Crippen LogP contribution in [0.1, 0.15) is 29.0 Å². The molecule has 2 N–H and O–H groups in total. The fourth-order valence-electron chi connectivity index (χ4n) is 6.32. The first-order valence-electron chi connectivity index (χ1n) is 13.2. The zero-order valence-corrected chi connectivity index (χ0v) is 23.7. The Bertz CT molecular complexity index is 1840. The number of nitrogens with zero attached hydrogens (tertiary/aromatic N) is 2. The minimum Gasteiger partial charge on any atom is -0.507 e. The lowest BCUT2D eigenvalue weighted by molar-refractivity contribution is -0.139. The van der Waals surface area contributed by atoms with Crippen LogP contribution in [-0.4, -0.2) is 26.9 Å². The maximum absolute atomic E-state index is 14.8. The third kappa shape index (κ3) is 4.46. The van der Waals surface area contributed by atoms with Crippen LogP contribution in [0.4, 0.5) is 19.0 Å². The number of amides is 2. The van der Waals surface area contributed by atoms with Gasteiger partial charge in [-0.25, -0.2) is 4.98 Å². The van der Waals surface area contributed by atoms with Crippen molar-refractivity contribution in [2.45, 2.75) is 23.9 Å². The van der Waals surface area contributed by atoms with Gasteiger partial charge in [-0.2, -0.15) is 18.2 Å². The number of halogens is 5. The number of phenols is 1. The number of hydrogen-bond donors (Lipinski definition) is 2. The normalized spacial score (nSPS) is 22.0. The van der Waals surface area contributed by atoms with Crippen LogP contribution in [-0.2, 0) is 21.2 Å². The topological polar surface area (TPSA) is 82.5 Å². The summed E-state index contributed by atoms with van der Waals surface area (Å²) in [5, 5.41) is 12.7. The van der Waals surface area contributed by atoms with Crippen LogP contribution in [0.3, 0.4) is 0 Å². The van der Waals surface area contributed by atoms with Gasteiger partial charge in [-0.1, -0.05) is 84.4 Å². The van der Waals surface area contributed by atoms with Crippen LogP contribution in [0.5, 0.6) is 5.75 Å². The zero-order chi connectivity index (χ0) is 30.7. The SMILES string of the molecule is C=CC1=CCC2C(=O)N(Nc3ncc(C(F)(F)F)cc3Cl)C(=O)C2(c2ccc(Cl)cc2)C1c1ccc(O)c2ccccc12. The van der Waals surface area contributed by atoms with Crippen LogP contribution in [0, 0.1) is 5.92 Å². The fourth-order valence-corrected chi connectivity index (χ4v) is 6.65. The Morgan fingerprint density at radius 1 is 1.05 bits per heavy atom. The number of rotatable bonds is 5. The van der Waals surface area contributed by atoms with E-state index in [4.69, 9.17) is 23.2 Å². The van der Waals surface area contributed by atoms with Gasteiger partial charge in [0, 0.05) is 22.5 Å². The molecule has 1 fully saturated rings. The number of fused-ring (bicyclic) bond motifs is 2. The summed E-state index contributed by atoms with van der Waals surface area (Å²) in [6, 6.07) is 17.8. The summed E-state index contributed by atoms with van der Waals surface area (Å²) in [4.78, 5) is 32.7. The summed E-state index contributed by atoms with van der Waals surface area (Å²) in [6.45, 7) is 4.00. The molecular formula is C32H22Cl2F3N3O3. The van der Waals surface area contributed by atoms with Crippen molar-refractivity contribution in [1.29, 1.82) is 0 Å². The quantitative estimate of drug-likeness (QED) is 0.222. The van der Waals surface area contributed by atoms with Crippen molar-refractivity contribution in [2.75, 3.05) is 5.43 Å². The monoisotopic (exact) mass is 623 g/mol. The van der Waals surface area contributed by atoms with E-state index in [0.717, 1.165) is 5.01 Å². The zero-order valence-electron chi connectivity index (χ0n) is 22.2. The number of carbonyl (C=O) groups is 2. The summed E-state index contributed by atoms with van der Waals surface area (Å²) in [5.74, 6) is -3.18. The van der Waals surface area contributed by atoms with E-state index in [-0.39, 0.29) is 18.0 Å². The molecule has 1 aliphatic heterocycles. The van der Waals surface area contributed by atoms with Gasteiger partial charge in [0.2, 0.25) is 0 Å². The van der Waals surface area contributed by atoms with Crippen LogP contribution < -0.4 is 5.43 Å². The summed E-state index contributed by atoms with van der Waals surface area (Å²) in [7, 11) is 0. The van der Waals surface area contributed by atoms with Gasteiger partial charge in [-0.3, -0.25) is 15.0 Å². The molecule has 0 radical (unpaired) electrons. The highest BCUT2D eigenvalue weighted by Crippen LogP contribution is 2.58. The second-order valence-electron chi connectivity index (χ2n) is 10.4. The molecule has 3 aromatic carbocycles. The second-order valence-corrected chi connectivity index (χ2v) is 11.2. The van der Waals surface area contributed by atoms with Gasteiger partial charge in [0.1, 0.15) is 5.75 Å². The molecule has 4 aromatic rings. The fraction of sp³-hybridized carbons (Fsp3) is 0.156. The number of hydrazine groups is 1. The van der Waals surface area contributed by atoms with E-state index >= 15 is 0 Å². The Labute approximate surface area is 254 Å². The number of anilines is 1. The third-order valence-electron chi connectivity index (χ3n) is 8.19. The van der Waals surface area contributed by atoms with Crippen LogP contribution in [0.15, 0.2) is 97.2 Å². The van der Waals surface area contributed by atoms with Gasteiger partial charge in [0.25, 0.3) is 11.8 Å². The molecule has 6 nitrogen and oxygen atoms in total. The Morgan fingerprint density at radius 2 is 1.74 bits per heavy atom. The predicted octanol–water partition coefficient (Wildman–Crippen LogP) is 7.82. The van der Waals surface area contributed by atoms with E-state index in [2.05, 4.69) is 17.0 Å². The molecule has 0 spiro atoms. The molecule has 3 atom stereocenters. The highest BCUT2D eigenvalue weighted by Gasteiger charge is 2.66. The highest BCUT2D eigenvalue weighted by atomic mass is 35.5. The summed E-state index contributed by atoms with van der Waals surface area (Å²) >= 11 is 12.4. The molecule has 11 heteroatoms. The van der Waals surface area contributed by atoms with Crippen LogP contribution in [0.25, 0.3) is 10.8 Å². The van der Waals surface area contributed by atoms with Gasteiger partial charge in [-0.05, 0) is 52.8 Å². The van der Waals surface area contributed by atoms with Gasteiger partial charge < -0.3 is 5.11 Å². The van der Waals surface area contributed by atoms with E-state index < -0.39 is 45.8 Å². The Morgan fingerprint density at radius 3 is 2.40 bits per heavy atom. The van der Waals surface area contributed by atoms with E-state index in [1.165, 1.54) is 0 Å². The Hall–Kier alpha value is -4.34. The molecule has 2 amide bonds. The molecule has 0 bridgehead atoms. The number of aromatic hydroxyl groups is 1. The predicted molar refractivity (Wildman–Crippen MR) is 158 cm³/mol. The summed E-state index contributed by atoms with van der Waals surface area (Å²) < 4.78 is 39.7. The highest BCUT2D eigenvalue weighted by molar-refractivity contribution is 6.33. The molecule has 6 rings (SSSR count). The molecule has 1 aromatic heterocycles. The van der Waals surface area contributed by atoms with E-state index in [9.17, 15) is 27.9 Å². The number of nitrogens with one attached hydrogen (secondary N) is 1. The average molecular weight is 624 g/mol. The average Bonchev–Trinajstić information content (AvgIpc) is 3.20. The molecule has 1 aliphatic carbocycles. The first kappa shape index (κ1) is 28.8. The second kappa shape index (κ2) is 10.4. The number of alkyl halides is 3. The van der Waals surface area contributed by atoms with Crippen molar-refractivity contribution in [1.82, 2.24) is 9.99 Å². The standard InChI is InChI=1S/C32H22Cl2F3N3O3/c1-2-17-7-13-24-29(42)40(39-28-25(34)15-19(16-38-28)32(35,36)37)30(43)31(24,18-8-10-20(33)11-9-18)27(17)23-12-14-26(41)22-6-4-3-5-21(22)23/h2-12,14-16,24,27,41H,1,13H2,(H,38,39). The molecule has 1 saturated heterocycles. The minimum absolute atomic E-state index is 0.0523. The van der Waals surface area contributed by atoms with Crippen molar-refractivity contribution in [3.8, 4) is 5.75 Å². The lowest BCUT2D eigenvalue weighted by atomic mass is 9.55. The van der Waals surface area contributed by atoms with Crippen molar-refractivity contribution in [2.24, 2.45) is 5.92 Å². The molecular weight excluding hydrogens is 602 g/mol. The molecule has 0 saturated carbocycles. The molecule has 3 unspecified atom stereocenters. The van der Waals surface area contributed by atoms with Crippen molar-refractivity contribution in [3.05, 3.63) is 124 Å². The Balaban J connectivity index is 1.57. The number of benzene rings is 3. The molecule has 218 valence electrons. The van der Waals surface area contributed by atoms with E-state index in [1.54, 1.807) is 54.6 Å². The van der Waals surface area contributed by atoms with Crippen molar-refractivity contribution in [3.63, 3.8) is 0 Å². The van der Waals surface area contributed by atoms with Gasteiger partial charge in [0.15, 0.2) is 5.82 Å². The first-order valence-corrected chi connectivity index (χ1v) is 13.9. The largest absolute Gasteiger partial charge is 0.507 e. The van der Waals surface area contributed by atoms with Crippen LogP contribution >= 0.6 is 23.2 Å². The Kier molecular flexibility index (Phi) is 6.98. The van der Waals surface area contributed by atoms with E-state index in [0.29, 0.717) is 44.8 Å². The first-order chi connectivity index (χ1) is 20.5. The van der Waals surface area contributed by atoms with Gasteiger partial charge >= 0.3 is 6.18 Å². The number of hydrogen-bond acceptors (Lipinski definition) is 5. The summed E-state index contributed by atoms with van der Waals surface area (Å²) in [6.07, 6.45) is -0.440. The molecule has 2 heterocycles. The molecule has 2 aliphatic rings. The minimum atomic E-state index is -4.69. The lowest BCUT2D eigenvalue weighted by Crippen LogP contribution is -2.48. The van der Waals surface area contributed by atoms with E-state index in [1.807, 2.05) is 18.2 Å². The number of allylic oxidation sites excluding steroid dienone is 3. The third-order valence-corrected chi connectivity index (χ3v) is 8.73. The maximum atomic E-state index is 14.8. The number of phenolic OH excluding ortho intramolecular Hbond substituents is 1. The smallest absolute Gasteiger partial charge is 0.417 e. The molecule has 43 heavy (non-hydrogen) atoms. The number of imide groups is 1. The number of pyridine rings is 1. The maximum Gasteiger partial charge on any atom is 0.417 e.